The van der Waals surface area contributed by atoms with E-state index in [1.807, 2.05) is 30.3 Å². The first kappa shape index (κ1) is 14.0. The van der Waals surface area contributed by atoms with Crippen LogP contribution in [0.4, 0.5) is 0 Å². The van der Waals surface area contributed by atoms with Gasteiger partial charge in [-0.1, -0.05) is 23.7 Å². The molecule has 0 saturated heterocycles. The summed E-state index contributed by atoms with van der Waals surface area (Å²) in [6.45, 7) is 0.503. The minimum Gasteiger partial charge on any atom is -0.352 e. The average molecular weight is 286 g/mol. The molecule has 0 unspecified atom stereocenters. The molecule has 2 rings (SSSR count). The molecule has 5 heteroatoms. The predicted molar refractivity (Wildman–Crippen MR) is 76.4 cm³/mol. The lowest BCUT2D eigenvalue weighted by Crippen LogP contribution is -2.25. The average Bonchev–Trinajstić information content (AvgIpc) is 2.47. The highest BCUT2D eigenvalue weighted by molar-refractivity contribution is 6.30. The van der Waals surface area contributed by atoms with Gasteiger partial charge in [0.25, 0.3) is 5.91 Å². The molecule has 0 radical (unpaired) electrons. The van der Waals surface area contributed by atoms with Crippen LogP contribution in [0.3, 0.4) is 0 Å². The molecule has 0 bridgehead atoms. The Morgan fingerprint density at radius 2 is 2.20 bits per heavy atom. The monoisotopic (exact) mass is 285 g/mol. The number of pyridine rings is 1. The fraction of sp³-hybridized carbons (Fsp3) is 0.133. The minimum atomic E-state index is -0.217. The highest BCUT2D eigenvalue weighted by Gasteiger charge is 2.06. The Morgan fingerprint density at radius 3 is 2.95 bits per heavy atom. The van der Waals surface area contributed by atoms with Crippen molar-refractivity contribution in [2.45, 2.75) is 6.42 Å². The molecule has 1 amide bonds. The SMILES string of the molecule is N#Cc1cc(C(=O)NCCc2cccc(Cl)c2)ccn1. The third-order valence-electron chi connectivity index (χ3n) is 2.72. The summed E-state index contributed by atoms with van der Waals surface area (Å²) in [5.74, 6) is -0.217. The number of rotatable bonds is 4. The summed E-state index contributed by atoms with van der Waals surface area (Å²) in [5, 5.41) is 12.2. The molecule has 0 fully saturated rings. The topological polar surface area (TPSA) is 65.8 Å². The first-order chi connectivity index (χ1) is 9.69. The largest absolute Gasteiger partial charge is 0.352 e. The predicted octanol–water partition coefficient (Wildman–Crippen LogP) is 2.58. The molecule has 0 atom stereocenters. The van der Waals surface area contributed by atoms with Crippen LogP contribution >= 0.6 is 11.6 Å². The van der Waals surface area contributed by atoms with Crippen LogP contribution in [-0.4, -0.2) is 17.4 Å². The number of nitrogens with one attached hydrogen (secondary N) is 1. The second kappa shape index (κ2) is 6.69. The van der Waals surface area contributed by atoms with E-state index in [-0.39, 0.29) is 11.6 Å². The Labute approximate surface area is 122 Å². The van der Waals surface area contributed by atoms with E-state index in [4.69, 9.17) is 16.9 Å². The zero-order valence-corrected chi connectivity index (χ0v) is 11.4. The number of nitriles is 1. The number of carbonyl (C=O) groups excluding carboxylic acids is 1. The van der Waals surface area contributed by atoms with Gasteiger partial charge < -0.3 is 5.32 Å². The molecule has 0 aliphatic carbocycles. The van der Waals surface area contributed by atoms with E-state index in [1.165, 1.54) is 12.3 Å². The maximum absolute atomic E-state index is 11.9. The van der Waals surface area contributed by atoms with Gasteiger partial charge in [0.2, 0.25) is 0 Å². The Kier molecular flexibility index (Phi) is 4.70. The van der Waals surface area contributed by atoms with E-state index >= 15 is 0 Å². The van der Waals surface area contributed by atoms with E-state index in [9.17, 15) is 4.79 Å². The third kappa shape index (κ3) is 3.81. The summed E-state index contributed by atoms with van der Waals surface area (Å²) < 4.78 is 0. The number of halogens is 1. The fourth-order valence-electron chi connectivity index (χ4n) is 1.75. The quantitative estimate of drug-likeness (QED) is 0.939. The molecule has 1 aromatic carbocycles. The van der Waals surface area contributed by atoms with Crippen LogP contribution in [0.2, 0.25) is 5.02 Å². The molecule has 0 aliphatic rings. The van der Waals surface area contributed by atoms with Gasteiger partial charge in [0, 0.05) is 23.3 Å². The van der Waals surface area contributed by atoms with Gasteiger partial charge in [0.1, 0.15) is 11.8 Å². The summed E-state index contributed by atoms with van der Waals surface area (Å²) in [4.78, 5) is 15.7. The third-order valence-corrected chi connectivity index (χ3v) is 2.96. The zero-order chi connectivity index (χ0) is 14.4. The summed E-state index contributed by atoms with van der Waals surface area (Å²) in [6.07, 6.45) is 2.15. The fourth-order valence-corrected chi connectivity index (χ4v) is 1.96. The van der Waals surface area contributed by atoms with Crippen LogP contribution in [0.1, 0.15) is 21.6 Å². The van der Waals surface area contributed by atoms with Crippen molar-refractivity contribution in [3.05, 3.63) is 64.4 Å². The van der Waals surface area contributed by atoms with Gasteiger partial charge in [0.15, 0.2) is 0 Å². The molecule has 20 heavy (non-hydrogen) atoms. The first-order valence-corrected chi connectivity index (χ1v) is 6.45. The molecule has 1 N–H and O–H groups in total. The van der Waals surface area contributed by atoms with Crippen LogP contribution in [0.25, 0.3) is 0 Å². The molecule has 0 saturated carbocycles. The Balaban J connectivity index is 1.91. The van der Waals surface area contributed by atoms with Crippen molar-refractivity contribution >= 4 is 17.5 Å². The van der Waals surface area contributed by atoms with Gasteiger partial charge in [-0.2, -0.15) is 5.26 Å². The normalized spacial score (nSPS) is 9.80. The van der Waals surface area contributed by atoms with Gasteiger partial charge in [-0.3, -0.25) is 4.79 Å². The number of hydrogen-bond acceptors (Lipinski definition) is 3. The van der Waals surface area contributed by atoms with E-state index in [0.717, 1.165) is 5.56 Å². The lowest BCUT2D eigenvalue weighted by molar-refractivity contribution is 0.0954. The van der Waals surface area contributed by atoms with Crippen molar-refractivity contribution in [2.75, 3.05) is 6.54 Å². The maximum Gasteiger partial charge on any atom is 0.251 e. The van der Waals surface area contributed by atoms with Gasteiger partial charge >= 0.3 is 0 Å². The molecule has 4 nitrogen and oxygen atoms in total. The van der Waals surface area contributed by atoms with Gasteiger partial charge in [0.05, 0.1) is 0 Å². The van der Waals surface area contributed by atoms with E-state index in [0.29, 0.717) is 23.6 Å². The number of benzene rings is 1. The molecule has 1 aromatic heterocycles. The molecule has 100 valence electrons. The van der Waals surface area contributed by atoms with Crippen molar-refractivity contribution in [3.63, 3.8) is 0 Å². The molecule has 0 spiro atoms. The van der Waals surface area contributed by atoms with Gasteiger partial charge in [-0.25, -0.2) is 4.98 Å². The van der Waals surface area contributed by atoms with E-state index < -0.39 is 0 Å². The summed E-state index contributed by atoms with van der Waals surface area (Å²) in [6, 6.07) is 12.5. The summed E-state index contributed by atoms with van der Waals surface area (Å²) in [5.41, 5.74) is 1.72. The second-order valence-corrected chi connectivity index (χ2v) is 4.61. The van der Waals surface area contributed by atoms with Gasteiger partial charge in [-0.15, -0.1) is 0 Å². The standard InChI is InChI=1S/C15H12ClN3O/c16-13-3-1-2-11(8-13)4-6-19-15(20)12-5-7-18-14(9-12)10-17/h1-3,5,7-9H,4,6H2,(H,19,20). The van der Waals surface area contributed by atoms with Crippen LogP contribution < -0.4 is 5.32 Å². The molecule has 2 aromatic rings. The summed E-state index contributed by atoms with van der Waals surface area (Å²) >= 11 is 5.89. The number of hydrogen-bond donors (Lipinski definition) is 1. The van der Waals surface area contributed by atoms with Crippen molar-refractivity contribution in [1.29, 1.82) is 5.26 Å². The molecular formula is C15H12ClN3O. The number of nitrogens with zero attached hydrogens (tertiary/aromatic N) is 2. The lowest BCUT2D eigenvalue weighted by atomic mass is 10.1. The molecule has 0 aliphatic heterocycles. The maximum atomic E-state index is 11.9. The Morgan fingerprint density at radius 1 is 1.35 bits per heavy atom. The zero-order valence-electron chi connectivity index (χ0n) is 10.6. The van der Waals surface area contributed by atoms with Crippen LogP contribution in [-0.2, 0) is 6.42 Å². The van der Waals surface area contributed by atoms with E-state index in [2.05, 4.69) is 10.3 Å². The Bertz CT molecular complexity index is 664. The smallest absolute Gasteiger partial charge is 0.251 e. The van der Waals surface area contributed by atoms with Crippen molar-refractivity contribution in [1.82, 2.24) is 10.3 Å². The van der Waals surface area contributed by atoms with Crippen molar-refractivity contribution in [2.24, 2.45) is 0 Å². The second-order valence-electron chi connectivity index (χ2n) is 4.18. The van der Waals surface area contributed by atoms with E-state index in [1.54, 1.807) is 6.07 Å². The van der Waals surface area contributed by atoms with Crippen LogP contribution in [0, 0.1) is 11.3 Å². The highest BCUT2D eigenvalue weighted by Crippen LogP contribution is 2.10. The van der Waals surface area contributed by atoms with Crippen molar-refractivity contribution < 1.29 is 4.79 Å². The molecular weight excluding hydrogens is 274 g/mol. The number of carbonyl (C=O) groups is 1. The molecule has 1 heterocycles. The lowest BCUT2D eigenvalue weighted by Gasteiger charge is -2.05. The Hall–Kier alpha value is -2.38. The van der Waals surface area contributed by atoms with Crippen LogP contribution in [0.15, 0.2) is 42.6 Å². The van der Waals surface area contributed by atoms with Crippen LogP contribution in [0.5, 0.6) is 0 Å². The minimum absolute atomic E-state index is 0.217. The number of amides is 1. The number of aromatic nitrogens is 1. The van der Waals surface area contributed by atoms with Gasteiger partial charge in [-0.05, 0) is 36.2 Å². The highest BCUT2D eigenvalue weighted by atomic mass is 35.5. The van der Waals surface area contributed by atoms with Crippen molar-refractivity contribution in [3.8, 4) is 6.07 Å². The first-order valence-electron chi connectivity index (χ1n) is 6.08. The summed E-state index contributed by atoms with van der Waals surface area (Å²) in [7, 11) is 0.